The average molecular weight is 640 g/mol. The van der Waals surface area contributed by atoms with E-state index >= 15 is 0 Å². The van der Waals surface area contributed by atoms with Crippen molar-refractivity contribution in [3.05, 3.63) is 134 Å². The maximum atomic E-state index is 13.8. The second-order valence-electron chi connectivity index (χ2n) is 10.3. The summed E-state index contributed by atoms with van der Waals surface area (Å²) >= 11 is 14.1. The number of carbonyl (C=O) groups is 1. The number of hydrogen-bond acceptors (Lipinski definition) is 5. The molecule has 1 amide bonds. The number of hydrogen-bond donors (Lipinski definition) is 0. The minimum absolute atomic E-state index is 0.206. The lowest BCUT2D eigenvalue weighted by molar-refractivity contribution is -0.113. The van der Waals surface area contributed by atoms with Crippen molar-refractivity contribution >= 4 is 74.3 Å². The zero-order valence-electron chi connectivity index (χ0n) is 24.3. The number of halogens is 2. The highest BCUT2D eigenvalue weighted by Gasteiger charge is 2.35. The van der Waals surface area contributed by atoms with Crippen LogP contribution in [0.3, 0.4) is 0 Å². The topological polar surface area (TPSA) is 51.1 Å². The maximum Gasteiger partial charge on any atom is 0.271 e. The van der Waals surface area contributed by atoms with Gasteiger partial charge in [-0.1, -0.05) is 83.9 Å². The smallest absolute Gasteiger partial charge is 0.271 e. The first-order valence-corrected chi connectivity index (χ1v) is 15.5. The summed E-state index contributed by atoms with van der Waals surface area (Å²) in [6.07, 6.45) is 1.83. The number of ether oxygens (including phenoxy) is 2. The van der Waals surface area contributed by atoms with Crippen LogP contribution in [0, 0.1) is 13.8 Å². The van der Waals surface area contributed by atoms with Gasteiger partial charge in [-0.05, 0) is 101 Å². The highest BCUT2D eigenvalue weighted by atomic mass is 35.5. The lowest BCUT2D eigenvalue weighted by Crippen LogP contribution is -2.28. The van der Waals surface area contributed by atoms with Crippen LogP contribution in [0.15, 0.2) is 107 Å². The van der Waals surface area contributed by atoms with Crippen molar-refractivity contribution in [3.8, 4) is 11.5 Å². The zero-order valence-corrected chi connectivity index (χ0v) is 26.6. The number of anilines is 1. The molecule has 5 aromatic carbocycles. The van der Waals surface area contributed by atoms with E-state index in [2.05, 4.69) is 24.3 Å². The molecule has 44 heavy (non-hydrogen) atoms. The molecule has 1 aliphatic rings. The van der Waals surface area contributed by atoms with Crippen molar-refractivity contribution in [3.63, 3.8) is 0 Å². The number of aliphatic imine (C=N–C) groups is 1. The highest BCUT2D eigenvalue weighted by molar-refractivity contribution is 8.19. The quantitative estimate of drug-likeness (QED) is 0.166. The van der Waals surface area contributed by atoms with Gasteiger partial charge < -0.3 is 9.47 Å². The lowest BCUT2D eigenvalue weighted by atomic mass is 10.1. The molecule has 5 aromatic rings. The number of amides is 1. The summed E-state index contributed by atoms with van der Waals surface area (Å²) in [4.78, 5) is 20.7. The van der Waals surface area contributed by atoms with Gasteiger partial charge in [0.2, 0.25) is 0 Å². The van der Waals surface area contributed by atoms with E-state index in [9.17, 15) is 4.79 Å². The van der Waals surface area contributed by atoms with Crippen molar-refractivity contribution in [2.24, 2.45) is 4.99 Å². The van der Waals surface area contributed by atoms with Crippen molar-refractivity contribution in [1.29, 1.82) is 0 Å². The van der Waals surface area contributed by atoms with Crippen molar-refractivity contribution in [2.75, 3.05) is 12.0 Å². The number of aryl methyl sites for hydroxylation is 2. The second-order valence-corrected chi connectivity index (χ2v) is 12.2. The molecule has 0 N–H and O–H groups in total. The summed E-state index contributed by atoms with van der Waals surface area (Å²) < 4.78 is 11.9. The summed E-state index contributed by atoms with van der Waals surface area (Å²) in [5.74, 6) is 0.977. The Balaban J connectivity index is 1.31. The van der Waals surface area contributed by atoms with Crippen molar-refractivity contribution < 1.29 is 14.3 Å². The molecule has 1 fully saturated rings. The monoisotopic (exact) mass is 638 g/mol. The molecule has 0 unspecified atom stereocenters. The minimum Gasteiger partial charge on any atom is -0.493 e. The summed E-state index contributed by atoms with van der Waals surface area (Å²) in [7, 11) is 1.60. The molecule has 0 aliphatic carbocycles. The molecule has 0 bridgehead atoms. The number of methoxy groups -OCH3 is 1. The van der Waals surface area contributed by atoms with Gasteiger partial charge in [-0.25, -0.2) is 4.99 Å². The second kappa shape index (κ2) is 12.8. The standard InChI is InChI=1S/C36H28Cl2N2O3S/c1-22-11-14-27(19-30(22)37)39-36-40(28-15-12-23(2)31(38)20-28)35(41)34(44-36)18-24-13-16-32(33(17-24)42-3)43-21-26-9-6-8-25-7-4-5-10-29(25)26/h4-20H,21H2,1-3H3/b34-18+,39-36?. The Labute approximate surface area is 270 Å². The van der Waals surface area contributed by atoms with Crippen molar-refractivity contribution in [2.45, 2.75) is 20.5 Å². The van der Waals surface area contributed by atoms with E-state index in [0.717, 1.165) is 33.0 Å². The number of benzene rings is 5. The van der Waals surface area contributed by atoms with Gasteiger partial charge in [0.15, 0.2) is 16.7 Å². The third-order valence-corrected chi connectivity index (χ3v) is 9.13. The fraction of sp³-hybridized carbons (Fsp3) is 0.111. The Morgan fingerprint density at radius 2 is 1.59 bits per heavy atom. The van der Waals surface area contributed by atoms with Gasteiger partial charge in [-0.2, -0.15) is 0 Å². The van der Waals surface area contributed by atoms with Crippen LogP contribution in [0.5, 0.6) is 11.5 Å². The van der Waals surface area contributed by atoms with Gasteiger partial charge in [0.05, 0.1) is 23.4 Å². The van der Waals surface area contributed by atoms with Gasteiger partial charge in [-0.3, -0.25) is 9.69 Å². The fourth-order valence-corrected chi connectivity index (χ4v) is 6.23. The molecular weight excluding hydrogens is 611 g/mol. The van der Waals surface area contributed by atoms with Gasteiger partial charge in [0, 0.05) is 10.0 Å². The normalized spacial score (nSPS) is 15.0. The molecule has 220 valence electrons. The largest absolute Gasteiger partial charge is 0.493 e. The van der Waals surface area contributed by atoms with Crippen LogP contribution in [0.1, 0.15) is 22.3 Å². The minimum atomic E-state index is -0.206. The van der Waals surface area contributed by atoms with Crippen LogP contribution in [0.25, 0.3) is 16.8 Å². The first-order chi connectivity index (χ1) is 21.3. The van der Waals surface area contributed by atoms with Gasteiger partial charge in [-0.15, -0.1) is 0 Å². The Morgan fingerprint density at radius 1 is 0.841 bits per heavy atom. The van der Waals surface area contributed by atoms with Crippen LogP contribution in [-0.2, 0) is 11.4 Å². The molecule has 0 aromatic heterocycles. The Bertz CT molecular complexity index is 1970. The number of amidine groups is 1. The van der Waals surface area contributed by atoms with E-state index in [-0.39, 0.29) is 5.91 Å². The molecule has 6 rings (SSSR count). The summed E-state index contributed by atoms with van der Waals surface area (Å²) in [5.41, 5.74) is 5.03. The third kappa shape index (κ3) is 6.20. The first-order valence-electron chi connectivity index (χ1n) is 13.9. The van der Waals surface area contributed by atoms with E-state index in [1.54, 1.807) is 24.1 Å². The molecule has 8 heteroatoms. The Morgan fingerprint density at radius 3 is 2.36 bits per heavy atom. The van der Waals surface area contributed by atoms with Crippen molar-refractivity contribution in [1.82, 2.24) is 0 Å². The van der Waals surface area contributed by atoms with Gasteiger partial charge in [0.1, 0.15) is 6.61 Å². The van der Waals surface area contributed by atoms with Gasteiger partial charge in [0.25, 0.3) is 5.91 Å². The molecule has 5 nitrogen and oxygen atoms in total. The number of rotatable bonds is 7. The average Bonchev–Trinajstić information content (AvgIpc) is 3.33. The molecule has 0 atom stereocenters. The Hall–Kier alpha value is -4.23. The number of fused-ring (bicyclic) bond motifs is 1. The van der Waals surface area contributed by atoms with E-state index in [1.807, 2.05) is 80.6 Å². The summed E-state index contributed by atoms with van der Waals surface area (Å²) in [6.45, 7) is 4.25. The van der Waals surface area contributed by atoms with Gasteiger partial charge >= 0.3 is 0 Å². The first kappa shape index (κ1) is 29.8. The molecule has 0 saturated carbocycles. The van der Waals surface area contributed by atoms with E-state index in [0.29, 0.717) is 49.6 Å². The summed E-state index contributed by atoms with van der Waals surface area (Å²) in [5, 5.41) is 3.99. The number of thioether (sulfide) groups is 1. The van der Waals surface area contributed by atoms with E-state index < -0.39 is 0 Å². The third-order valence-electron chi connectivity index (χ3n) is 7.35. The number of carbonyl (C=O) groups excluding carboxylic acids is 1. The molecular formula is C36H28Cl2N2O3S. The molecule has 0 radical (unpaired) electrons. The zero-order chi connectivity index (χ0) is 30.8. The molecule has 1 saturated heterocycles. The molecule has 0 spiro atoms. The van der Waals surface area contributed by atoms with E-state index in [4.69, 9.17) is 37.7 Å². The van der Waals surface area contributed by atoms with Crippen LogP contribution >= 0.6 is 35.0 Å². The predicted octanol–water partition coefficient (Wildman–Crippen LogP) is 10.2. The van der Waals surface area contributed by atoms with Crippen LogP contribution in [0.2, 0.25) is 10.0 Å². The molecule has 1 heterocycles. The fourth-order valence-electron chi connectivity index (χ4n) is 4.88. The lowest BCUT2D eigenvalue weighted by Gasteiger charge is -2.16. The highest BCUT2D eigenvalue weighted by Crippen LogP contribution is 2.40. The predicted molar refractivity (Wildman–Crippen MR) is 184 cm³/mol. The van der Waals surface area contributed by atoms with Crippen LogP contribution < -0.4 is 14.4 Å². The Kier molecular flexibility index (Phi) is 8.67. The van der Waals surface area contributed by atoms with E-state index in [1.165, 1.54) is 11.8 Å². The van der Waals surface area contributed by atoms with Crippen LogP contribution in [0.4, 0.5) is 11.4 Å². The SMILES string of the molecule is COc1cc(/C=C2/SC(=Nc3ccc(C)c(Cl)c3)N(c3ccc(C)c(Cl)c3)C2=O)ccc1OCc1cccc2ccccc12. The molecule has 1 aliphatic heterocycles. The summed E-state index contributed by atoms with van der Waals surface area (Å²) in [6, 6.07) is 31.2. The number of nitrogens with zero attached hydrogens (tertiary/aromatic N) is 2. The maximum absolute atomic E-state index is 13.8. The van der Waals surface area contributed by atoms with Crippen LogP contribution in [-0.4, -0.2) is 18.2 Å².